The van der Waals surface area contributed by atoms with Gasteiger partial charge in [-0.1, -0.05) is 0 Å². The van der Waals surface area contributed by atoms with Crippen LogP contribution in [0.3, 0.4) is 0 Å². The van der Waals surface area contributed by atoms with E-state index in [1.54, 1.807) is 5.43 Å². The highest BCUT2D eigenvalue weighted by Crippen LogP contribution is 1.79. The molecule has 0 aromatic rings. The molecule has 0 aromatic carbocycles. The van der Waals surface area contributed by atoms with Crippen LogP contribution in [0, 0.1) is 0 Å². The van der Waals surface area contributed by atoms with E-state index in [0.29, 0.717) is 0 Å². The van der Waals surface area contributed by atoms with E-state index in [0.717, 1.165) is 6.26 Å². The second-order valence-corrected chi connectivity index (χ2v) is 4.62. The van der Waals surface area contributed by atoms with Gasteiger partial charge in [0, 0.05) is 12.8 Å². The topological polar surface area (TPSA) is 118 Å². The second kappa shape index (κ2) is 4.77. The molecule has 0 aliphatic rings. The maximum Gasteiger partial charge on any atom is 0.323 e. The summed E-state index contributed by atoms with van der Waals surface area (Å²) >= 11 is 0. The fraction of sp³-hybridized carbons (Fsp3) is 0.600. The molecule has 0 unspecified atom stereocenters. The van der Waals surface area contributed by atoms with Crippen LogP contribution in [0.15, 0.2) is 0 Å². The van der Waals surface area contributed by atoms with Crippen molar-refractivity contribution in [3.05, 3.63) is 0 Å². The Bertz CT molecular complexity index is 297. The fourth-order valence-corrected chi connectivity index (χ4v) is 0.969. The van der Waals surface area contributed by atoms with Crippen LogP contribution in [0.2, 0.25) is 0 Å². The van der Waals surface area contributed by atoms with Gasteiger partial charge in [0.1, 0.15) is 9.84 Å². The molecule has 0 bridgehead atoms. The smallest absolute Gasteiger partial charge is 0.323 e. The van der Waals surface area contributed by atoms with Gasteiger partial charge < -0.3 is 5.32 Å². The maximum atomic E-state index is 10.7. The summed E-state index contributed by atoms with van der Waals surface area (Å²) in [6.45, 7) is -0.106. The molecule has 0 aliphatic carbocycles. The van der Waals surface area contributed by atoms with Crippen LogP contribution in [0.1, 0.15) is 0 Å². The van der Waals surface area contributed by atoms with Crippen LogP contribution >= 0.6 is 0 Å². The number of carbonyl (C=O) groups excluding carboxylic acids is 2. The van der Waals surface area contributed by atoms with Crippen molar-refractivity contribution < 1.29 is 18.0 Å². The molecule has 0 saturated heterocycles. The van der Waals surface area contributed by atoms with Gasteiger partial charge >= 0.3 is 11.8 Å². The number of nitrogens with two attached hydrogens (primary N) is 1. The summed E-state index contributed by atoms with van der Waals surface area (Å²) in [5, 5.41) is 2.08. The lowest BCUT2D eigenvalue weighted by atomic mass is 10.5. The molecule has 13 heavy (non-hydrogen) atoms. The van der Waals surface area contributed by atoms with Gasteiger partial charge in [0.15, 0.2) is 0 Å². The molecule has 7 nitrogen and oxygen atoms in total. The van der Waals surface area contributed by atoms with Crippen molar-refractivity contribution in [2.24, 2.45) is 5.84 Å². The molecule has 8 heteroatoms. The molecule has 0 aromatic heterocycles. The van der Waals surface area contributed by atoms with Gasteiger partial charge in [-0.25, -0.2) is 14.3 Å². The minimum atomic E-state index is -3.13. The van der Waals surface area contributed by atoms with Gasteiger partial charge in [0.25, 0.3) is 0 Å². The van der Waals surface area contributed by atoms with Gasteiger partial charge in [0.05, 0.1) is 5.75 Å². The summed E-state index contributed by atoms with van der Waals surface area (Å²) < 4.78 is 21.2. The average molecular weight is 209 g/mol. The van der Waals surface area contributed by atoms with Gasteiger partial charge in [-0.05, 0) is 0 Å². The number of hydrazine groups is 1. The second-order valence-electron chi connectivity index (χ2n) is 2.36. The van der Waals surface area contributed by atoms with Crippen LogP contribution in [-0.2, 0) is 19.4 Å². The zero-order chi connectivity index (χ0) is 10.5. The van der Waals surface area contributed by atoms with E-state index in [1.165, 1.54) is 0 Å². The Morgan fingerprint density at radius 2 is 1.85 bits per heavy atom. The molecule has 4 N–H and O–H groups in total. The van der Waals surface area contributed by atoms with Crippen molar-refractivity contribution in [2.45, 2.75) is 0 Å². The van der Waals surface area contributed by atoms with Crippen LogP contribution in [-0.4, -0.2) is 38.8 Å². The SMILES string of the molecule is CS(=O)(=O)CCNC(=O)C(=O)NN. The van der Waals surface area contributed by atoms with E-state index in [1.807, 2.05) is 0 Å². The molecular weight excluding hydrogens is 198 g/mol. The molecule has 0 heterocycles. The predicted molar refractivity (Wildman–Crippen MR) is 45.1 cm³/mol. The molecule has 2 amide bonds. The Balaban J connectivity index is 3.79. The van der Waals surface area contributed by atoms with Gasteiger partial charge in [-0.2, -0.15) is 0 Å². The molecule has 0 fully saturated rings. The molecule has 0 saturated carbocycles. The number of carbonyl (C=O) groups is 2. The first-order valence-corrected chi connectivity index (χ1v) is 5.39. The third-order valence-electron chi connectivity index (χ3n) is 1.10. The molecular formula is C5H11N3O4S. The van der Waals surface area contributed by atoms with Crippen molar-refractivity contribution in [3.8, 4) is 0 Å². The quantitative estimate of drug-likeness (QED) is 0.200. The minimum Gasteiger partial charge on any atom is -0.347 e. The number of nitrogens with one attached hydrogen (secondary N) is 2. The average Bonchev–Trinajstić information content (AvgIpc) is 2.00. The van der Waals surface area contributed by atoms with E-state index in [-0.39, 0.29) is 12.3 Å². The Hall–Kier alpha value is -1.15. The molecule has 76 valence electrons. The lowest BCUT2D eigenvalue weighted by Crippen LogP contribution is -2.44. The third kappa shape index (κ3) is 6.05. The highest BCUT2D eigenvalue weighted by Gasteiger charge is 2.11. The first kappa shape index (κ1) is 11.8. The van der Waals surface area contributed by atoms with E-state index in [2.05, 4.69) is 11.2 Å². The molecule has 0 aliphatic heterocycles. The Labute approximate surface area is 75.6 Å². The van der Waals surface area contributed by atoms with E-state index >= 15 is 0 Å². The Morgan fingerprint density at radius 1 is 1.31 bits per heavy atom. The normalized spacial score (nSPS) is 10.6. The van der Waals surface area contributed by atoms with Crippen LogP contribution in [0.5, 0.6) is 0 Å². The third-order valence-corrected chi connectivity index (χ3v) is 2.04. The number of sulfone groups is 1. The van der Waals surface area contributed by atoms with Gasteiger partial charge in [-0.15, -0.1) is 0 Å². The minimum absolute atomic E-state index is 0.106. The summed E-state index contributed by atoms with van der Waals surface area (Å²) in [6, 6.07) is 0. The lowest BCUT2D eigenvalue weighted by molar-refractivity contribution is -0.139. The van der Waals surface area contributed by atoms with Crippen LogP contribution in [0.25, 0.3) is 0 Å². The zero-order valence-corrected chi connectivity index (χ0v) is 7.85. The Morgan fingerprint density at radius 3 is 2.23 bits per heavy atom. The van der Waals surface area contributed by atoms with Crippen molar-refractivity contribution in [1.82, 2.24) is 10.7 Å². The monoisotopic (exact) mass is 209 g/mol. The van der Waals surface area contributed by atoms with E-state index in [9.17, 15) is 18.0 Å². The predicted octanol–water partition coefficient (Wildman–Crippen LogP) is -2.86. The Kier molecular flexibility index (Phi) is 4.35. The van der Waals surface area contributed by atoms with Crippen molar-refractivity contribution >= 4 is 21.7 Å². The lowest BCUT2D eigenvalue weighted by Gasteiger charge is -2.01. The first-order chi connectivity index (χ1) is 5.87. The summed E-state index contributed by atoms with van der Waals surface area (Å²) in [5.41, 5.74) is 1.61. The largest absolute Gasteiger partial charge is 0.347 e. The standard InChI is InChI=1S/C5H11N3O4S/c1-13(11,12)3-2-7-4(9)5(10)8-6/h2-3,6H2,1H3,(H,7,9)(H,8,10). The van der Waals surface area contributed by atoms with Crippen LogP contribution in [0.4, 0.5) is 0 Å². The summed E-state index contributed by atoms with van der Waals surface area (Å²) in [7, 11) is -3.13. The van der Waals surface area contributed by atoms with Crippen molar-refractivity contribution in [2.75, 3.05) is 18.6 Å². The highest BCUT2D eigenvalue weighted by molar-refractivity contribution is 7.90. The first-order valence-electron chi connectivity index (χ1n) is 3.33. The summed E-state index contributed by atoms with van der Waals surface area (Å²) in [6.07, 6.45) is 1.03. The van der Waals surface area contributed by atoms with Gasteiger partial charge in [0.2, 0.25) is 0 Å². The fourth-order valence-electron chi connectivity index (χ4n) is 0.496. The molecule has 0 radical (unpaired) electrons. The molecule has 0 spiro atoms. The molecule has 0 rings (SSSR count). The van der Waals surface area contributed by atoms with Gasteiger partial charge in [-0.3, -0.25) is 15.0 Å². The number of hydrogen-bond donors (Lipinski definition) is 3. The summed E-state index contributed by atoms with van der Waals surface area (Å²) in [4.78, 5) is 21.1. The van der Waals surface area contributed by atoms with E-state index in [4.69, 9.17) is 0 Å². The summed E-state index contributed by atoms with van der Waals surface area (Å²) in [5.74, 6) is 2.48. The molecule has 0 atom stereocenters. The van der Waals surface area contributed by atoms with Crippen LogP contribution < -0.4 is 16.6 Å². The zero-order valence-electron chi connectivity index (χ0n) is 7.03. The van der Waals surface area contributed by atoms with Crippen molar-refractivity contribution in [3.63, 3.8) is 0 Å². The van der Waals surface area contributed by atoms with E-state index < -0.39 is 21.7 Å². The number of rotatable bonds is 3. The number of amides is 2. The number of hydrogen-bond acceptors (Lipinski definition) is 5. The highest BCUT2D eigenvalue weighted by atomic mass is 32.2. The van der Waals surface area contributed by atoms with Crippen molar-refractivity contribution in [1.29, 1.82) is 0 Å². The maximum absolute atomic E-state index is 10.7.